The minimum Gasteiger partial charge on any atom is -0.482 e. The molecule has 2 aliphatic heterocycles. The smallest absolute Gasteiger partial charge is 0.267 e. The minimum atomic E-state index is -0.525. The van der Waals surface area contributed by atoms with Crippen LogP contribution in [0, 0.1) is 0 Å². The standard InChI is InChI=1S/C16H21NO3/c1-12-15(16(18)17-10-6-2-3-7-11-17)20-14-9-5-4-8-13(14)19-12/h4-5,8-9,12,15H,2-3,6-7,10-11H2,1H3/t12-,15-/m0/s1. The number of hydrogen-bond acceptors (Lipinski definition) is 3. The number of ether oxygens (including phenoxy) is 2. The molecule has 0 spiro atoms. The number of fused-ring (bicyclic) bond motifs is 1. The van der Waals surface area contributed by atoms with Crippen molar-refractivity contribution in [1.82, 2.24) is 4.90 Å². The molecule has 4 heteroatoms. The van der Waals surface area contributed by atoms with Crippen LogP contribution in [-0.4, -0.2) is 36.1 Å². The van der Waals surface area contributed by atoms with Gasteiger partial charge in [-0.3, -0.25) is 4.79 Å². The summed E-state index contributed by atoms with van der Waals surface area (Å²) in [6, 6.07) is 7.53. The lowest BCUT2D eigenvalue weighted by Crippen LogP contribution is -2.50. The maximum atomic E-state index is 12.6. The summed E-state index contributed by atoms with van der Waals surface area (Å²) in [6.45, 7) is 3.58. The third kappa shape index (κ3) is 2.60. The first-order valence-corrected chi connectivity index (χ1v) is 7.47. The van der Waals surface area contributed by atoms with Crippen molar-refractivity contribution in [3.8, 4) is 11.5 Å². The molecule has 1 aromatic rings. The topological polar surface area (TPSA) is 38.8 Å². The Morgan fingerprint density at radius 1 is 1.05 bits per heavy atom. The van der Waals surface area contributed by atoms with E-state index in [-0.39, 0.29) is 12.0 Å². The second-order valence-corrected chi connectivity index (χ2v) is 5.55. The Balaban J connectivity index is 1.75. The van der Waals surface area contributed by atoms with Crippen LogP contribution in [0.3, 0.4) is 0 Å². The SMILES string of the molecule is C[C@@H]1Oc2ccccc2O[C@@H]1C(=O)N1CCCCCC1. The van der Waals surface area contributed by atoms with Crippen LogP contribution < -0.4 is 9.47 Å². The largest absolute Gasteiger partial charge is 0.482 e. The van der Waals surface area contributed by atoms with Crippen LogP contribution in [0.1, 0.15) is 32.6 Å². The summed E-state index contributed by atoms with van der Waals surface area (Å²) in [6.07, 6.45) is 3.83. The van der Waals surface area contributed by atoms with Gasteiger partial charge in [-0.25, -0.2) is 0 Å². The zero-order chi connectivity index (χ0) is 13.9. The molecule has 0 N–H and O–H groups in total. The minimum absolute atomic E-state index is 0.0638. The molecule has 20 heavy (non-hydrogen) atoms. The highest BCUT2D eigenvalue weighted by atomic mass is 16.6. The molecule has 2 heterocycles. The second kappa shape index (κ2) is 5.73. The monoisotopic (exact) mass is 275 g/mol. The van der Waals surface area contributed by atoms with Crippen molar-refractivity contribution in [2.45, 2.75) is 44.8 Å². The Hall–Kier alpha value is -1.71. The van der Waals surface area contributed by atoms with Crippen LogP contribution >= 0.6 is 0 Å². The summed E-state index contributed by atoms with van der Waals surface area (Å²) >= 11 is 0. The first-order chi connectivity index (χ1) is 9.75. The van der Waals surface area contributed by atoms with E-state index in [1.54, 1.807) is 0 Å². The van der Waals surface area contributed by atoms with Gasteiger partial charge in [0.25, 0.3) is 5.91 Å². The average Bonchev–Trinajstić information content (AvgIpc) is 2.75. The van der Waals surface area contributed by atoms with Crippen molar-refractivity contribution < 1.29 is 14.3 Å². The molecule has 0 saturated carbocycles. The number of likely N-dealkylation sites (tertiary alicyclic amines) is 1. The molecule has 0 unspecified atom stereocenters. The van der Waals surface area contributed by atoms with Gasteiger partial charge in [-0.05, 0) is 31.9 Å². The summed E-state index contributed by atoms with van der Waals surface area (Å²) in [4.78, 5) is 14.6. The number of carbonyl (C=O) groups is 1. The molecule has 0 aromatic heterocycles. The highest BCUT2D eigenvalue weighted by molar-refractivity contribution is 5.82. The van der Waals surface area contributed by atoms with Crippen LogP contribution in [0.5, 0.6) is 11.5 Å². The summed E-state index contributed by atoms with van der Waals surface area (Å²) in [5.41, 5.74) is 0. The predicted octanol–water partition coefficient (Wildman–Crippen LogP) is 2.62. The Bertz CT molecular complexity index is 480. The summed E-state index contributed by atoms with van der Waals surface area (Å²) in [7, 11) is 0. The number of amides is 1. The molecule has 108 valence electrons. The fourth-order valence-electron chi connectivity index (χ4n) is 2.86. The molecule has 3 rings (SSSR count). The molecular formula is C16H21NO3. The second-order valence-electron chi connectivity index (χ2n) is 5.55. The van der Waals surface area contributed by atoms with E-state index in [1.165, 1.54) is 12.8 Å². The summed E-state index contributed by atoms with van der Waals surface area (Å²) in [5, 5.41) is 0. The molecule has 0 bridgehead atoms. The van der Waals surface area contributed by atoms with E-state index in [9.17, 15) is 4.79 Å². The quantitative estimate of drug-likeness (QED) is 0.791. The Labute approximate surface area is 119 Å². The van der Waals surface area contributed by atoms with Crippen molar-refractivity contribution in [3.63, 3.8) is 0 Å². The lowest BCUT2D eigenvalue weighted by Gasteiger charge is -2.34. The number of rotatable bonds is 1. The van der Waals surface area contributed by atoms with E-state index >= 15 is 0 Å². The molecule has 0 radical (unpaired) electrons. The summed E-state index contributed by atoms with van der Waals surface area (Å²) < 4.78 is 11.7. The average molecular weight is 275 g/mol. The third-order valence-electron chi connectivity index (χ3n) is 4.00. The van der Waals surface area contributed by atoms with Gasteiger partial charge >= 0.3 is 0 Å². The number of para-hydroxylation sites is 2. The molecule has 1 saturated heterocycles. The van der Waals surface area contributed by atoms with Gasteiger partial charge < -0.3 is 14.4 Å². The normalized spacial score (nSPS) is 25.9. The van der Waals surface area contributed by atoms with E-state index in [0.717, 1.165) is 31.7 Å². The Morgan fingerprint density at radius 3 is 2.30 bits per heavy atom. The lowest BCUT2D eigenvalue weighted by atomic mass is 10.1. The number of carbonyl (C=O) groups excluding carboxylic acids is 1. The first-order valence-electron chi connectivity index (χ1n) is 7.47. The van der Waals surface area contributed by atoms with Crippen LogP contribution in [0.4, 0.5) is 0 Å². The highest BCUT2D eigenvalue weighted by Crippen LogP contribution is 2.34. The zero-order valence-corrected chi connectivity index (χ0v) is 11.9. The van der Waals surface area contributed by atoms with Crippen molar-refractivity contribution in [1.29, 1.82) is 0 Å². The van der Waals surface area contributed by atoms with Crippen molar-refractivity contribution in [2.24, 2.45) is 0 Å². The van der Waals surface area contributed by atoms with Crippen LogP contribution in [0.2, 0.25) is 0 Å². The van der Waals surface area contributed by atoms with Gasteiger partial charge in [0, 0.05) is 13.1 Å². The van der Waals surface area contributed by atoms with Gasteiger partial charge in [0.2, 0.25) is 6.10 Å². The van der Waals surface area contributed by atoms with E-state index in [2.05, 4.69) is 0 Å². The van der Waals surface area contributed by atoms with Crippen molar-refractivity contribution >= 4 is 5.91 Å². The summed E-state index contributed by atoms with van der Waals surface area (Å²) in [5.74, 6) is 1.45. The maximum absolute atomic E-state index is 12.6. The number of nitrogens with zero attached hydrogens (tertiary/aromatic N) is 1. The first kappa shape index (κ1) is 13.3. The molecular weight excluding hydrogens is 254 g/mol. The van der Waals surface area contributed by atoms with E-state index in [4.69, 9.17) is 9.47 Å². The van der Waals surface area contributed by atoms with Gasteiger partial charge in [-0.1, -0.05) is 25.0 Å². The fraction of sp³-hybridized carbons (Fsp3) is 0.562. The molecule has 2 atom stereocenters. The number of benzene rings is 1. The van der Waals surface area contributed by atoms with E-state index in [0.29, 0.717) is 5.75 Å². The molecule has 1 amide bonds. The third-order valence-corrected chi connectivity index (χ3v) is 4.00. The van der Waals surface area contributed by atoms with E-state index in [1.807, 2.05) is 36.1 Å². The maximum Gasteiger partial charge on any atom is 0.267 e. The van der Waals surface area contributed by atoms with Gasteiger partial charge in [-0.2, -0.15) is 0 Å². The lowest BCUT2D eigenvalue weighted by molar-refractivity contribution is -0.144. The van der Waals surface area contributed by atoms with Gasteiger partial charge in [-0.15, -0.1) is 0 Å². The van der Waals surface area contributed by atoms with Gasteiger partial charge in [0.15, 0.2) is 11.5 Å². The zero-order valence-electron chi connectivity index (χ0n) is 11.9. The van der Waals surface area contributed by atoms with Crippen molar-refractivity contribution in [3.05, 3.63) is 24.3 Å². The highest BCUT2D eigenvalue weighted by Gasteiger charge is 2.36. The molecule has 4 nitrogen and oxygen atoms in total. The Kier molecular flexibility index (Phi) is 3.81. The molecule has 1 aromatic carbocycles. The molecule has 0 aliphatic carbocycles. The molecule has 1 fully saturated rings. The van der Waals surface area contributed by atoms with Gasteiger partial charge in [0.05, 0.1) is 0 Å². The van der Waals surface area contributed by atoms with Crippen LogP contribution in [0.25, 0.3) is 0 Å². The Morgan fingerprint density at radius 2 is 1.65 bits per heavy atom. The van der Waals surface area contributed by atoms with Gasteiger partial charge in [0.1, 0.15) is 6.10 Å². The molecule has 2 aliphatic rings. The van der Waals surface area contributed by atoms with E-state index < -0.39 is 6.10 Å². The van der Waals surface area contributed by atoms with Crippen LogP contribution in [-0.2, 0) is 4.79 Å². The fourth-order valence-corrected chi connectivity index (χ4v) is 2.86. The van der Waals surface area contributed by atoms with Crippen molar-refractivity contribution in [2.75, 3.05) is 13.1 Å². The van der Waals surface area contributed by atoms with Crippen LogP contribution in [0.15, 0.2) is 24.3 Å². The number of hydrogen-bond donors (Lipinski definition) is 0. The predicted molar refractivity (Wildman–Crippen MR) is 76.0 cm³/mol.